The maximum Gasteiger partial charge on any atom is 0.261 e. The molecule has 4 rings (SSSR count). The first kappa shape index (κ1) is 17.4. The molecule has 1 aliphatic rings. The van der Waals surface area contributed by atoms with Crippen molar-refractivity contribution in [2.24, 2.45) is 0 Å². The topological polar surface area (TPSA) is 102 Å². The molecular formula is C18H23N7O2. The normalized spacial score (nSPS) is 15.4. The monoisotopic (exact) mass is 369 g/mol. The highest BCUT2D eigenvalue weighted by molar-refractivity contribution is 5.96. The van der Waals surface area contributed by atoms with Crippen molar-refractivity contribution < 1.29 is 9.32 Å². The molecule has 0 saturated carbocycles. The van der Waals surface area contributed by atoms with Gasteiger partial charge in [-0.3, -0.25) is 4.79 Å². The van der Waals surface area contributed by atoms with E-state index < -0.39 is 0 Å². The summed E-state index contributed by atoms with van der Waals surface area (Å²) in [6.07, 6.45) is 5.35. The van der Waals surface area contributed by atoms with Crippen molar-refractivity contribution in [2.45, 2.75) is 46.2 Å². The van der Waals surface area contributed by atoms with Crippen LogP contribution in [0.1, 0.15) is 32.5 Å². The fraction of sp³-hybridized carbons (Fsp3) is 0.500. The third-order valence-electron chi connectivity index (χ3n) is 5.01. The number of nitrogens with one attached hydrogen (secondary N) is 1. The highest BCUT2D eigenvalue weighted by Crippen LogP contribution is 2.34. The minimum Gasteiger partial charge on any atom is -0.381 e. The third-order valence-corrected chi connectivity index (χ3v) is 5.01. The van der Waals surface area contributed by atoms with Crippen molar-refractivity contribution >= 4 is 22.6 Å². The molecule has 142 valence electrons. The van der Waals surface area contributed by atoms with E-state index in [1.165, 1.54) is 0 Å². The van der Waals surface area contributed by atoms with Crippen LogP contribution in [0.25, 0.3) is 22.5 Å². The quantitative estimate of drug-likeness (QED) is 0.752. The molecule has 0 atom stereocenters. The number of nitrogens with zero attached hydrogens (tertiary/aromatic N) is 6. The van der Waals surface area contributed by atoms with Crippen LogP contribution in [0, 0.1) is 6.92 Å². The summed E-state index contributed by atoms with van der Waals surface area (Å²) in [7, 11) is 0. The predicted octanol–water partition coefficient (Wildman–Crippen LogP) is 2.23. The molecular weight excluding hydrogens is 346 g/mol. The standard InChI is InChI=1S/C18H23N7O2/c1-4-25-17-14(10-20-25)16(15(9-19-17)18-21-11(2)23-27-18)22-13-5-7-24(8-6-13)12(3)26/h9-10,13H,4-8H2,1-3H3,(H,19,22). The van der Waals surface area contributed by atoms with Crippen molar-refractivity contribution in [3.8, 4) is 11.5 Å². The lowest BCUT2D eigenvalue weighted by Crippen LogP contribution is -2.41. The number of piperidine rings is 1. The number of pyridine rings is 1. The molecule has 3 aromatic rings. The zero-order valence-corrected chi connectivity index (χ0v) is 15.8. The second-order valence-corrected chi connectivity index (χ2v) is 6.82. The van der Waals surface area contributed by atoms with Gasteiger partial charge in [0.15, 0.2) is 11.5 Å². The molecule has 27 heavy (non-hydrogen) atoms. The van der Waals surface area contributed by atoms with E-state index in [1.807, 2.05) is 22.7 Å². The van der Waals surface area contributed by atoms with Gasteiger partial charge in [-0.2, -0.15) is 10.1 Å². The molecule has 4 heterocycles. The molecule has 0 bridgehead atoms. The molecule has 9 nitrogen and oxygen atoms in total. The van der Waals surface area contributed by atoms with E-state index in [0.717, 1.165) is 54.8 Å². The molecule has 0 radical (unpaired) electrons. The Kier molecular flexibility index (Phi) is 4.51. The van der Waals surface area contributed by atoms with Gasteiger partial charge in [0.25, 0.3) is 5.89 Å². The van der Waals surface area contributed by atoms with Gasteiger partial charge in [0.05, 0.1) is 22.8 Å². The number of aryl methyl sites for hydroxylation is 2. The maximum absolute atomic E-state index is 11.6. The number of aromatic nitrogens is 5. The molecule has 1 amide bonds. The van der Waals surface area contributed by atoms with Gasteiger partial charge < -0.3 is 14.7 Å². The maximum atomic E-state index is 11.6. The van der Waals surface area contributed by atoms with Crippen molar-refractivity contribution in [2.75, 3.05) is 18.4 Å². The number of amides is 1. The van der Waals surface area contributed by atoms with Gasteiger partial charge in [0, 0.05) is 38.8 Å². The summed E-state index contributed by atoms with van der Waals surface area (Å²) in [4.78, 5) is 22.4. The van der Waals surface area contributed by atoms with E-state index in [-0.39, 0.29) is 11.9 Å². The molecule has 0 aromatic carbocycles. The molecule has 9 heteroatoms. The number of hydrogen-bond donors (Lipinski definition) is 1. The van der Waals surface area contributed by atoms with Gasteiger partial charge in [0.1, 0.15) is 0 Å². The van der Waals surface area contributed by atoms with Crippen LogP contribution in [0.15, 0.2) is 16.9 Å². The van der Waals surface area contributed by atoms with E-state index in [1.54, 1.807) is 20.0 Å². The van der Waals surface area contributed by atoms with Crippen LogP contribution in [-0.4, -0.2) is 54.8 Å². The van der Waals surface area contributed by atoms with Crippen LogP contribution < -0.4 is 5.32 Å². The van der Waals surface area contributed by atoms with E-state index in [9.17, 15) is 4.79 Å². The number of hydrogen-bond acceptors (Lipinski definition) is 7. The number of likely N-dealkylation sites (tertiary alicyclic amines) is 1. The summed E-state index contributed by atoms with van der Waals surface area (Å²) in [6.45, 7) is 7.70. The van der Waals surface area contributed by atoms with E-state index >= 15 is 0 Å². The molecule has 1 N–H and O–H groups in total. The van der Waals surface area contributed by atoms with Crippen LogP contribution in [0.5, 0.6) is 0 Å². The molecule has 0 unspecified atom stereocenters. The van der Waals surface area contributed by atoms with Crippen LogP contribution >= 0.6 is 0 Å². The number of fused-ring (bicyclic) bond motifs is 1. The molecule has 1 aliphatic heterocycles. The van der Waals surface area contributed by atoms with Gasteiger partial charge in [-0.1, -0.05) is 5.16 Å². The van der Waals surface area contributed by atoms with Crippen molar-refractivity contribution in [3.63, 3.8) is 0 Å². The average molecular weight is 369 g/mol. The summed E-state index contributed by atoms with van der Waals surface area (Å²) in [5.74, 6) is 1.15. The highest BCUT2D eigenvalue weighted by atomic mass is 16.5. The predicted molar refractivity (Wildman–Crippen MR) is 100 cm³/mol. The summed E-state index contributed by atoms with van der Waals surface area (Å²) in [6, 6.07) is 0.249. The minimum absolute atomic E-state index is 0.131. The lowest BCUT2D eigenvalue weighted by atomic mass is 10.0. The first-order valence-corrected chi connectivity index (χ1v) is 9.24. The Labute approximate surface area is 156 Å². The van der Waals surface area contributed by atoms with Gasteiger partial charge in [0.2, 0.25) is 5.91 Å². The number of carbonyl (C=O) groups excluding carboxylic acids is 1. The Hall–Kier alpha value is -2.97. The number of rotatable bonds is 4. The Balaban J connectivity index is 1.70. The first-order valence-electron chi connectivity index (χ1n) is 9.24. The molecule has 1 saturated heterocycles. The highest BCUT2D eigenvalue weighted by Gasteiger charge is 2.24. The third kappa shape index (κ3) is 3.24. The second kappa shape index (κ2) is 6.98. The van der Waals surface area contributed by atoms with Crippen LogP contribution in [0.3, 0.4) is 0 Å². The van der Waals surface area contributed by atoms with Crippen molar-refractivity contribution in [1.82, 2.24) is 29.8 Å². The van der Waals surface area contributed by atoms with Crippen LogP contribution in [0.2, 0.25) is 0 Å². The lowest BCUT2D eigenvalue weighted by Gasteiger charge is -2.32. The van der Waals surface area contributed by atoms with Crippen molar-refractivity contribution in [1.29, 1.82) is 0 Å². The van der Waals surface area contributed by atoms with E-state index in [2.05, 4.69) is 25.5 Å². The summed E-state index contributed by atoms with van der Waals surface area (Å²) >= 11 is 0. The van der Waals surface area contributed by atoms with Gasteiger partial charge in [-0.15, -0.1) is 0 Å². The van der Waals surface area contributed by atoms with Crippen LogP contribution in [0.4, 0.5) is 5.69 Å². The Morgan fingerprint density at radius 1 is 1.33 bits per heavy atom. The van der Waals surface area contributed by atoms with Crippen molar-refractivity contribution in [3.05, 3.63) is 18.2 Å². The fourth-order valence-corrected chi connectivity index (χ4v) is 3.53. The fourth-order valence-electron chi connectivity index (χ4n) is 3.53. The second-order valence-electron chi connectivity index (χ2n) is 6.82. The average Bonchev–Trinajstić information content (AvgIpc) is 3.28. The smallest absolute Gasteiger partial charge is 0.261 e. The summed E-state index contributed by atoms with van der Waals surface area (Å²) in [5.41, 5.74) is 2.50. The molecule has 0 aliphatic carbocycles. The zero-order valence-electron chi connectivity index (χ0n) is 15.8. The molecule has 1 fully saturated rings. The van der Waals surface area contributed by atoms with Gasteiger partial charge in [-0.25, -0.2) is 9.67 Å². The first-order chi connectivity index (χ1) is 13.1. The lowest BCUT2D eigenvalue weighted by molar-refractivity contribution is -0.129. The van der Waals surface area contributed by atoms with E-state index in [0.29, 0.717) is 11.7 Å². The Bertz CT molecular complexity index is 969. The zero-order chi connectivity index (χ0) is 19.0. The van der Waals surface area contributed by atoms with Gasteiger partial charge >= 0.3 is 0 Å². The van der Waals surface area contributed by atoms with Gasteiger partial charge in [-0.05, 0) is 26.7 Å². The molecule has 3 aromatic heterocycles. The number of carbonyl (C=O) groups is 1. The SMILES string of the molecule is CCn1ncc2c(NC3CCN(C(C)=O)CC3)c(-c3nc(C)no3)cnc21. The van der Waals surface area contributed by atoms with E-state index in [4.69, 9.17) is 4.52 Å². The Morgan fingerprint density at radius 2 is 2.11 bits per heavy atom. The largest absolute Gasteiger partial charge is 0.381 e. The number of anilines is 1. The summed E-state index contributed by atoms with van der Waals surface area (Å²) in [5, 5.41) is 12.9. The Morgan fingerprint density at radius 3 is 2.74 bits per heavy atom. The minimum atomic E-state index is 0.131. The van der Waals surface area contributed by atoms with Crippen LogP contribution in [-0.2, 0) is 11.3 Å². The summed E-state index contributed by atoms with van der Waals surface area (Å²) < 4.78 is 7.25. The molecule has 0 spiro atoms.